The van der Waals surface area contributed by atoms with Gasteiger partial charge in [0.25, 0.3) is 0 Å². The number of benzene rings is 1. The number of para-hydroxylation sites is 1. The lowest BCUT2D eigenvalue weighted by molar-refractivity contribution is -0.143. The SMILES string of the molecule is CC(NC(=O)C(N)CCC(N)=O)C(=O)NC(Cc1c[nH]c2ccccc12)C(=O)NC(CCC(=O)O)C(=O)O. The zero-order chi connectivity index (χ0) is 28.4. The Morgan fingerprint density at radius 3 is 2.18 bits per heavy atom. The van der Waals surface area contributed by atoms with Crippen LogP contribution in [0.2, 0.25) is 0 Å². The highest BCUT2D eigenvalue weighted by Gasteiger charge is 2.30. The minimum atomic E-state index is -1.50. The number of carbonyl (C=O) groups excluding carboxylic acids is 4. The largest absolute Gasteiger partial charge is 0.481 e. The molecule has 206 valence electrons. The molecule has 0 saturated carbocycles. The molecule has 0 radical (unpaired) electrons. The van der Waals surface area contributed by atoms with Gasteiger partial charge in [-0.25, -0.2) is 4.79 Å². The van der Waals surface area contributed by atoms with Crippen molar-refractivity contribution in [2.45, 2.75) is 63.2 Å². The van der Waals surface area contributed by atoms with Crippen molar-refractivity contribution < 1.29 is 39.0 Å². The zero-order valence-electron chi connectivity index (χ0n) is 20.7. The number of hydrogen-bond acceptors (Lipinski definition) is 7. The summed E-state index contributed by atoms with van der Waals surface area (Å²) < 4.78 is 0. The quantitative estimate of drug-likeness (QED) is 0.136. The monoisotopic (exact) mass is 532 g/mol. The fourth-order valence-electron chi connectivity index (χ4n) is 3.64. The van der Waals surface area contributed by atoms with Gasteiger partial charge in [0.1, 0.15) is 18.1 Å². The molecule has 0 aliphatic heterocycles. The van der Waals surface area contributed by atoms with Crippen LogP contribution in [0, 0.1) is 0 Å². The number of nitrogens with one attached hydrogen (secondary N) is 4. The summed E-state index contributed by atoms with van der Waals surface area (Å²) in [5, 5.41) is 26.3. The van der Waals surface area contributed by atoms with E-state index in [2.05, 4.69) is 20.9 Å². The lowest BCUT2D eigenvalue weighted by atomic mass is 10.0. The number of amides is 4. The fourth-order valence-corrected chi connectivity index (χ4v) is 3.64. The third kappa shape index (κ3) is 8.89. The average Bonchev–Trinajstić information content (AvgIpc) is 3.26. The van der Waals surface area contributed by atoms with Crippen LogP contribution in [0.25, 0.3) is 10.9 Å². The van der Waals surface area contributed by atoms with E-state index in [1.165, 1.54) is 6.92 Å². The maximum atomic E-state index is 13.1. The highest BCUT2D eigenvalue weighted by Crippen LogP contribution is 2.19. The molecule has 10 N–H and O–H groups in total. The molecule has 4 atom stereocenters. The summed E-state index contributed by atoms with van der Waals surface area (Å²) in [7, 11) is 0. The summed E-state index contributed by atoms with van der Waals surface area (Å²) in [4.78, 5) is 74.7. The first kappa shape index (κ1) is 29.8. The second kappa shape index (κ2) is 13.7. The van der Waals surface area contributed by atoms with E-state index in [1.54, 1.807) is 18.3 Å². The first-order chi connectivity index (χ1) is 17.9. The molecule has 0 aliphatic carbocycles. The number of carboxylic acids is 2. The van der Waals surface area contributed by atoms with E-state index in [4.69, 9.17) is 16.6 Å². The molecule has 2 rings (SSSR count). The number of hydrogen-bond donors (Lipinski definition) is 8. The molecule has 0 spiro atoms. The van der Waals surface area contributed by atoms with Crippen molar-refractivity contribution >= 4 is 46.5 Å². The number of aliphatic carboxylic acids is 2. The minimum Gasteiger partial charge on any atom is -0.481 e. The molecule has 38 heavy (non-hydrogen) atoms. The van der Waals surface area contributed by atoms with Crippen molar-refractivity contribution in [2.24, 2.45) is 11.5 Å². The van der Waals surface area contributed by atoms with Crippen molar-refractivity contribution in [1.82, 2.24) is 20.9 Å². The number of carbonyl (C=O) groups is 6. The highest BCUT2D eigenvalue weighted by molar-refractivity contribution is 5.94. The molecule has 4 unspecified atom stereocenters. The van der Waals surface area contributed by atoms with Gasteiger partial charge in [-0.3, -0.25) is 24.0 Å². The normalized spacial score (nSPS) is 14.1. The van der Waals surface area contributed by atoms with Crippen LogP contribution in [0.3, 0.4) is 0 Å². The topological polar surface area (TPSA) is 247 Å². The van der Waals surface area contributed by atoms with Crippen molar-refractivity contribution in [1.29, 1.82) is 0 Å². The van der Waals surface area contributed by atoms with Crippen LogP contribution >= 0.6 is 0 Å². The van der Waals surface area contributed by atoms with E-state index in [0.29, 0.717) is 5.56 Å². The summed E-state index contributed by atoms with van der Waals surface area (Å²) in [5.74, 6) is -5.59. The Morgan fingerprint density at radius 2 is 1.55 bits per heavy atom. The number of aromatic amines is 1. The summed E-state index contributed by atoms with van der Waals surface area (Å²) in [6.07, 6.45) is 0.628. The van der Waals surface area contributed by atoms with Crippen LogP contribution in [0.15, 0.2) is 30.5 Å². The van der Waals surface area contributed by atoms with Gasteiger partial charge < -0.3 is 42.6 Å². The van der Waals surface area contributed by atoms with E-state index < -0.39 is 66.2 Å². The lowest BCUT2D eigenvalue weighted by Crippen LogP contribution is -2.57. The first-order valence-electron chi connectivity index (χ1n) is 11.8. The van der Waals surface area contributed by atoms with Gasteiger partial charge in [0.15, 0.2) is 0 Å². The second-order valence-electron chi connectivity index (χ2n) is 8.80. The second-order valence-corrected chi connectivity index (χ2v) is 8.80. The molecule has 1 heterocycles. The molecule has 2 aromatic rings. The average molecular weight is 533 g/mol. The van der Waals surface area contributed by atoms with Crippen LogP contribution in [0.4, 0.5) is 0 Å². The summed E-state index contributed by atoms with van der Waals surface area (Å²) >= 11 is 0. The molecular formula is C24H32N6O8. The van der Waals surface area contributed by atoms with Crippen molar-refractivity contribution in [3.8, 4) is 0 Å². The molecule has 0 bridgehead atoms. The van der Waals surface area contributed by atoms with E-state index in [1.807, 2.05) is 12.1 Å². The van der Waals surface area contributed by atoms with E-state index in [9.17, 15) is 33.9 Å². The maximum Gasteiger partial charge on any atom is 0.326 e. The molecule has 14 nitrogen and oxygen atoms in total. The molecule has 4 amide bonds. The van der Waals surface area contributed by atoms with Crippen LogP contribution < -0.4 is 27.4 Å². The van der Waals surface area contributed by atoms with E-state index in [0.717, 1.165) is 10.9 Å². The van der Waals surface area contributed by atoms with Gasteiger partial charge in [0, 0.05) is 36.4 Å². The Balaban J connectivity index is 2.18. The Morgan fingerprint density at radius 1 is 0.895 bits per heavy atom. The number of aromatic nitrogens is 1. The molecule has 0 saturated heterocycles. The van der Waals surface area contributed by atoms with Gasteiger partial charge in [-0.1, -0.05) is 18.2 Å². The van der Waals surface area contributed by atoms with Crippen molar-refractivity contribution in [3.63, 3.8) is 0 Å². The number of nitrogens with two attached hydrogens (primary N) is 2. The Bertz CT molecular complexity index is 1200. The third-order valence-electron chi connectivity index (χ3n) is 5.78. The fraction of sp³-hybridized carbons (Fsp3) is 0.417. The van der Waals surface area contributed by atoms with Gasteiger partial charge in [0.05, 0.1) is 6.04 Å². The Hall–Kier alpha value is -4.46. The smallest absolute Gasteiger partial charge is 0.326 e. The van der Waals surface area contributed by atoms with Crippen LogP contribution in [0.1, 0.15) is 38.2 Å². The standard InChI is InChI=1S/C24H32N6O8/c1-12(28-22(35)15(25)6-8-19(26)31)21(34)30-18(10-13-11-27-16-5-3-2-4-14(13)16)23(36)29-17(24(37)38)7-9-20(32)33/h2-5,11-12,15,17-18,27H,6-10,25H2,1H3,(H2,26,31)(H,28,35)(H,29,36)(H,30,34)(H,32,33)(H,37,38). The van der Waals surface area contributed by atoms with Gasteiger partial charge in [-0.2, -0.15) is 0 Å². The number of rotatable bonds is 15. The predicted molar refractivity (Wildman–Crippen MR) is 134 cm³/mol. The van der Waals surface area contributed by atoms with Gasteiger partial charge in [-0.05, 0) is 31.4 Å². The number of carboxylic acid groups (broad SMARTS) is 2. The number of primary amides is 1. The molecule has 0 fully saturated rings. The molecular weight excluding hydrogens is 500 g/mol. The summed E-state index contributed by atoms with van der Waals surface area (Å²) in [6, 6.07) is 2.24. The minimum absolute atomic E-state index is 0.0198. The van der Waals surface area contributed by atoms with Crippen molar-refractivity contribution in [3.05, 3.63) is 36.0 Å². The summed E-state index contributed by atoms with van der Waals surface area (Å²) in [5.41, 5.74) is 12.2. The van der Waals surface area contributed by atoms with Gasteiger partial charge >= 0.3 is 11.9 Å². The zero-order valence-corrected chi connectivity index (χ0v) is 20.7. The highest BCUT2D eigenvalue weighted by atomic mass is 16.4. The first-order valence-corrected chi connectivity index (χ1v) is 11.8. The molecule has 0 aliphatic rings. The Kier molecular flexibility index (Phi) is 10.8. The van der Waals surface area contributed by atoms with Gasteiger partial charge in [0.2, 0.25) is 23.6 Å². The number of fused-ring (bicyclic) bond motifs is 1. The van der Waals surface area contributed by atoms with Crippen LogP contribution in [0.5, 0.6) is 0 Å². The lowest BCUT2D eigenvalue weighted by Gasteiger charge is -2.23. The van der Waals surface area contributed by atoms with Crippen LogP contribution in [-0.2, 0) is 35.2 Å². The molecule has 1 aromatic heterocycles. The molecule has 1 aromatic carbocycles. The maximum absolute atomic E-state index is 13.1. The van der Waals surface area contributed by atoms with Crippen molar-refractivity contribution in [2.75, 3.05) is 0 Å². The van der Waals surface area contributed by atoms with E-state index >= 15 is 0 Å². The molecule has 14 heteroatoms. The number of H-pyrrole nitrogens is 1. The summed E-state index contributed by atoms with van der Waals surface area (Å²) in [6.45, 7) is 1.36. The predicted octanol–water partition coefficient (Wildman–Crippen LogP) is -1.27. The van der Waals surface area contributed by atoms with E-state index in [-0.39, 0.29) is 25.7 Å². The third-order valence-corrected chi connectivity index (χ3v) is 5.78. The van der Waals surface area contributed by atoms with Gasteiger partial charge in [-0.15, -0.1) is 0 Å². The van der Waals surface area contributed by atoms with Crippen LogP contribution in [-0.4, -0.2) is 74.9 Å². The Labute approximate surface area is 217 Å².